The predicted molar refractivity (Wildman–Crippen MR) is 106 cm³/mol. The van der Waals surface area contributed by atoms with Crippen molar-refractivity contribution in [1.82, 2.24) is 34.6 Å². The van der Waals surface area contributed by atoms with Crippen molar-refractivity contribution in [3.63, 3.8) is 0 Å². The number of aromatic nitrogens is 6. The summed E-state index contributed by atoms with van der Waals surface area (Å²) < 4.78 is 8.93. The van der Waals surface area contributed by atoms with E-state index in [2.05, 4.69) is 30.7 Å². The molecule has 160 valence electrons. The second-order valence-corrected chi connectivity index (χ2v) is 7.06. The number of carbonyl (C=O) groups excluding carboxylic acids is 1. The largest absolute Gasteiger partial charge is 0.387 e. The van der Waals surface area contributed by atoms with Crippen LogP contribution in [0.1, 0.15) is 18.8 Å². The van der Waals surface area contributed by atoms with Crippen molar-refractivity contribution in [2.45, 2.75) is 38.4 Å². The van der Waals surface area contributed by atoms with Gasteiger partial charge in [0.05, 0.1) is 18.1 Å². The Kier molecular flexibility index (Phi) is 5.13. The van der Waals surface area contributed by atoms with Gasteiger partial charge in [0.1, 0.15) is 12.2 Å². The van der Waals surface area contributed by atoms with E-state index in [1.807, 2.05) is 14.0 Å². The SMILES string of the molecule is CCNC(=O)[C@@H]1OC(n2cnc3c(NC)nc(-c4cnn(C)c4C)nc32)C(O)C1O. The molecule has 0 saturated carbocycles. The maximum absolute atomic E-state index is 12.2. The molecule has 0 radical (unpaired) electrons. The number of nitrogens with one attached hydrogen (secondary N) is 2. The van der Waals surface area contributed by atoms with Crippen molar-refractivity contribution in [1.29, 1.82) is 0 Å². The number of anilines is 1. The van der Waals surface area contributed by atoms with E-state index in [0.29, 0.717) is 29.4 Å². The van der Waals surface area contributed by atoms with Crippen LogP contribution in [-0.4, -0.2) is 77.3 Å². The van der Waals surface area contributed by atoms with Crippen molar-refractivity contribution < 1.29 is 19.7 Å². The van der Waals surface area contributed by atoms with Crippen LogP contribution < -0.4 is 10.6 Å². The van der Waals surface area contributed by atoms with Crippen molar-refractivity contribution >= 4 is 22.9 Å². The highest BCUT2D eigenvalue weighted by atomic mass is 16.6. The molecule has 1 amide bonds. The lowest BCUT2D eigenvalue weighted by Crippen LogP contribution is -2.42. The first-order valence-electron chi connectivity index (χ1n) is 9.58. The van der Waals surface area contributed by atoms with Crippen molar-refractivity contribution in [3.8, 4) is 11.4 Å². The smallest absolute Gasteiger partial charge is 0.252 e. The topological polar surface area (TPSA) is 152 Å². The van der Waals surface area contributed by atoms with Gasteiger partial charge in [-0.2, -0.15) is 5.10 Å². The normalized spacial score (nSPS) is 23.8. The van der Waals surface area contributed by atoms with Gasteiger partial charge in [-0.1, -0.05) is 0 Å². The Morgan fingerprint density at radius 3 is 2.70 bits per heavy atom. The highest BCUT2D eigenvalue weighted by Gasteiger charge is 2.47. The van der Waals surface area contributed by atoms with Crippen LogP contribution in [0.4, 0.5) is 5.82 Å². The second kappa shape index (κ2) is 7.63. The molecule has 0 bridgehead atoms. The predicted octanol–water partition coefficient (Wildman–Crippen LogP) is -0.668. The Morgan fingerprint density at radius 2 is 2.07 bits per heavy atom. The third-order valence-electron chi connectivity index (χ3n) is 5.26. The molecular weight excluding hydrogens is 392 g/mol. The van der Waals surface area contributed by atoms with Gasteiger partial charge in [-0.3, -0.25) is 14.0 Å². The van der Waals surface area contributed by atoms with Crippen molar-refractivity contribution in [2.24, 2.45) is 7.05 Å². The number of ether oxygens (including phenoxy) is 1. The number of hydrogen-bond acceptors (Lipinski definition) is 9. The maximum atomic E-state index is 12.2. The number of nitrogens with zero attached hydrogens (tertiary/aromatic N) is 6. The first-order valence-corrected chi connectivity index (χ1v) is 9.58. The Balaban J connectivity index is 1.79. The molecule has 12 heteroatoms. The average molecular weight is 416 g/mol. The Morgan fingerprint density at radius 1 is 1.30 bits per heavy atom. The highest BCUT2D eigenvalue weighted by molar-refractivity contribution is 5.85. The number of hydrogen-bond donors (Lipinski definition) is 4. The molecule has 12 nitrogen and oxygen atoms in total. The molecule has 1 saturated heterocycles. The molecule has 3 unspecified atom stereocenters. The second-order valence-electron chi connectivity index (χ2n) is 7.06. The van der Waals surface area contributed by atoms with Crippen LogP contribution >= 0.6 is 0 Å². The average Bonchev–Trinajstić information content (AvgIpc) is 3.39. The highest BCUT2D eigenvalue weighted by Crippen LogP contribution is 2.33. The van der Waals surface area contributed by atoms with Crippen molar-refractivity contribution in [2.75, 3.05) is 18.9 Å². The number of imidazole rings is 1. The van der Waals surface area contributed by atoms with Crippen LogP contribution in [0.5, 0.6) is 0 Å². The van der Waals surface area contributed by atoms with E-state index in [4.69, 9.17) is 4.74 Å². The molecule has 0 aromatic carbocycles. The van der Waals surface area contributed by atoms with E-state index in [9.17, 15) is 15.0 Å². The number of carbonyl (C=O) groups is 1. The quantitative estimate of drug-likeness (QED) is 0.424. The minimum absolute atomic E-state index is 0.382. The lowest BCUT2D eigenvalue weighted by Gasteiger charge is -2.17. The fraction of sp³-hybridized carbons (Fsp3) is 0.500. The van der Waals surface area contributed by atoms with Crippen molar-refractivity contribution in [3.05, 3.63) is 18.2 Å². The molecule has 4 heterocycles. The standard InChI is InChI=1S/C18H24N8O4/c1-5-20-17(29)13-11(27)12(28)18(30-13)26-7-21-10-15(19-3)23-14(24-16(10)26)9-6-22-25(4)8(9)2/h6-7,11-13,18,27-28H,5H2,1-4H3,(H,20,29)(H,19,23,24)/t11?,12?,13-,18?/m1/s1. The van der Waals surface area contributed by atoms with Gasteiger partial charge in [-0.25, -0.2) is 15.0 Å². The summed E-state index contributed by atoms with van der Waals surface area (Å²) in [5.41, 5.74) is 2.48. The number of aliphatic hydroxyl groups is 2. The fourth-order valence-corrected chi connectivity index (χ4v) is 3.50. The van der Waals surface area contributed by atoms with Crippen LogP contribution in [-0.2, 0) is 16.6 Å². The zero-order valence-electron chi connectivity index (χ0n) is 17.1. The van der Waals surface area contributed by atoms with Crippen LogP contribution in [0.15, 0.2) is 12.5 Å². The summed E-state index contributed by atoms with van der Waals surface area (Å²) in [6.45, 7) is 4.05. The molecule has 1 aliphatic rings. The molecule has 4 N–H and O–H groups in total. The molecule has 4 rings (SSSR count). The van der Waals surface area contributed by atoms with Gasteiger partial charge in [0, 0.05) is 26.3 Å². The molecule has 0 aliphatic carbocycles. The fourth-order valence-electron chi connectivity index (χ4n) is 3.50. The monoisotopic (exact) mass is 416 g/mol. The van der Waals surface area contributed by atoms with Gasteiger partial charge >= 0.3 is 0 Å². The summed E-state index contributed by atoms with van der Waals surface area (Å²) >= 11 is 0. The first kappa shape index (κ1) is 20.2. The van der Waals surface area contributed by atoms with Crippen LogP contribution in [0.3, 0.4) is 0 Å². The summed E-state index contributed by atoms with van der Waals surface area (Å²) in [5.74, 6) is 0.422. The third-order valence-corrected chi connectivity index (χ3v) is 5.26. The van der Waals surface area contributed by atoms with Gasteiger partial charge < -0.3 is 25.6 Å². The summed E-state index contributed by atoms with van der Waals surface area (Å²) in [6, 6.07) is 0. The van der Waals surface area contributed by atoms with E-state index in [0.717, 1.165) is 11.3 Å². The number of aliphatic hydroxyl groups excluding tert-OH is 2. The van der Waals surface area contributed by atoms with Gasteiger partial charge in [0.25, 0.3) is 5.91 Å². The number of fused-ring (bicyclic) bond motifs is 1. The van der Waals surface area contributed by atoms with Crippen LogP contribution in [0.2, 0.25) is 0 Å². The number of rotatable bonds is 5. The maximum Gasteiger partial charge on any atom is 0.252 e. The summed E-state index contributed by atoms with van der Waals surface area (Å²) in [5, 5.41) is 30.7. The van der Waals surface area contributed by atoms with E-state index < -0.39 is 30.4 Å². The molecule has 3 aromatic rings. The lowest BCUT2D eigenvalue weighted by atomic mass is 10.1. The van der Waals surface area contributed by atoms with Gasteiger partial charge in [0.15, 0.2) is 35.1 Å². The molecule has 1 aliphatic heterocycles. The number of likely N-dealkylation sites (N-methyl/N-ethyl adjacent to an activating group) is 1. The van der Waals surface area contributed by atoms with E-state index in [1.165, 1.54) is 10.9 Å². The molecule has 1 fully saturated rings. The number of aryl methyl sites for hydroxylation is 1. The summed E-state index contributed by atoms with van der Waals surface area (Å²) in [6.07, 6.45) is -1.85. The molecular formula is C18H24N8O4. The van der Waals surface area contributed by atoms with E-state index >= 15 is 0 Å². The Bertz CT molecular complexity index is 1090. The van der Waals surface area contributed by atoms with E-state index in [1.54, 1.807) is 24.9 Å². The zero-order chi connectivity index (χ0) is 21.6. The van der Waals surface area contributed by atoms with Gasteiger partial charge in [-0.05, 0) is 13.8 Å². The zero-order valence-corrected chi connectivity index (χ0v) is 17.1. The third kappa shape index (κ3) is 3.09. The lowest BCUT2D eigenvalue weighted by molar-refractivity contribution is -0.137. The van der Waals surface area contributed by atoms with Crippen LogP contribution in [0.25, 0.3) is 22.6 Å². The Labute approximate surface area is 171 Å². The van der Waals surface area contributed by atoms with Gasteiger partial charge in [-0.15, -0.1) is 0 Å². The number of amides is 1. The van der Waals surface area contributed by atoms with Crippen LogP contribution in [0, 0.1) is 6.92 Å². The van der Waals surface area contributed by atoms with Gasteiger partial charge in [0.2, 0.25) is 0 Å². The minimum Gasteiger partial charge on any atom is -0.387 e. The summed E-state index contributed by atoms with van der Waals surface area (Å²) in [4.78, 5) is 25.7. The summed E-state index contributed by atoms with van der Waals surface area (Å²) in [7, 11) is 3.54. The first-order chi connectivity index (χ1) is 14.4. The molecule has 0 spiro atoms. The molecule has 30 heavy (non-hydrogen) atoms. The molecule has 3 aromatic heterocycles. The molecule has 4 atom stereocenters. The minimum atomic E-state index is -1.38. The Hall–Kier alpha value is -3.09. The van der Waals surface area contributed by atoms with E-state index in [-0.39, 0.29) is 0 Å².